The lowest BCUT2D eigenvalue weighted by Gasteiger charge is -2.26. The van der Waals surface area contributed by atoms with Gasteiger partial charge in [-0.15, -0.1) is 4.67 Å². The van der Waals surface area contributed by atoms with E-state index in [9.17, 15) is 28.7 Å². The fraction of sp³-hybridized carbons (Fsp3) is 0.909. The number of rotatable bonds is 21. The van der Waals surface area contributed by atoms with Crippen molar-refractivity contribution in [2.24, 2.45) is 11.5 Å². The molecule has 2 heterocycles. The third-order valence-electron chi connectivity index (χ3n) is 6.65. The molecule has 15 nitrogen and oxygen atoms in total. The zero-order chi connectivity index (χ0) is 31.2. The average Bonchev–Trinajstić information content (AvgIpc) is 3.53. The van der Waals surface area contributed by atoms with Gasteiger partial charge in [-0.3, -0.25) is 23.2 Å². The van der Waals surface area contributed by atoms with Crippen LogP contribution in [0.2, 0.25) is 0 Å². The van der Waals surface area contributed by atoms with Gasteiger partial charge in [0.15, 0.2) is 0 Å². The summed E-state index contributed by atoms with van der Waals surface area (Å²) in [5, 5.41) is 18.8. The number of carbonyl (C=O) groups is 2. The van der Waals surface area contributed by atoms with E-state index in [1.807, 2.05) is 0 Å². The quantitative estimate of drug-likeness (QED) is 0.0253. The van der Waals surface area contributed by atoms with Gasteiger partial charge in [0.1, 0.15) is 0 Å². The minimum absolute atomic E-state index is 0.0516. The molecule has 0 aromatic rings. The highest BCUT2D eigenvalue weighted by Crippen LogP contribution is 2.52. The van der Waals surface area contributed by atoms with Crippen LogP contribution >= 0.6 is 48.5 Å². The zero-order valence-electron chi connectivity index (χ0n) is 23.4. The number of phosphoric ester groups is 1. The number of aliphatic hydroxyl groups excluding tert-OH is 1. The summed E-state index contributed by atoms with van der Waals surface area (Å²) in [6.07, 6.45) is 1.77. The van der Waals surface area contributed by atoms with Gasteiger partial charge in [-0.05, 0) is 38.6 Å². The van der Waals surface area contributed by atoms with Gasteiger partial charge in [0.25, 0.3) is 0 Å². The summed E-state index contributed by atoms with van der Waals surface area (Å²) in [5.74, 6) is 1.16. The van der Waals surface area contributed by atoms with E-state index in [-0.39, 0.29) is 63.8 Å². The molecular formula is C22H44N4O11P2S3. The van der Waals surface area contributed by atoms with Crippen molar-refractivity contribution in [1.29, 1.82) is 0 Å². The van der Waals surface area contributed by atoms with Crippen LogP contribution in [-0.2, 0) is 37.0 Å². The number of hydrogen-bond acceptors (Lipinski definition) is 14. The van der Waals surface area contributed by atoms with Crippen molar-refractivity contribution in [2.75, 3.05) is 50.9 Å². The molecule has 2 saturated heterocycles. The predicted molar refractivity (Wildman–Crippen MR) is 164 cm³/mol. The van der Waals surface area contributed by atoms with Crippen LogP contribution in [0.25, 0.3) is 0 Å². The number of nitrogens with zero attached hydrogens (tertiary/aromatic N) is 2. The highest BCUT2D eigenvalue weighted by atomic mass is 33.1. The molecule has 2 unspecified atom stereocenters. The lowest BCUT2D eigenvalue weighted by atomic mass is 10.1. The van der Waals surface area contributed by atoms with E-state index in [1.54, 1.807) is 21.6 Å². The van der Waals surface area contributed by atoms with E-state index in [0.717, 1.165) is 24.3 Å². The summed E-state index contributed by atoms with van der Waals surface area (Å²) in [6.45, 7) is -3.56. The summed E-state index contributed by atoms with van der Waals surface area (Å²) < 4.78 is 44.1. The summed E-state index contributed by atoms with van der Waals surface area (Å²) in [4.78, 5) is 39.0. The maximum Gasteiger partial charge on any atom is 0.472 e. The second-order valence-electron chi connectivity index (χ2n) is 10.00. The Bertz CT molecular complexity index is 944. The van der Waals surface area contributed by atoms with E-state index < -0.39 is 38.9 Å². The Kier molecular flexibility index (Phi) is 17.8. The van der Waals surface area contributed by atoms with Gasteiger partial charge in [-0.2, -0.15) is 0 Å². The van der Waals surface area contributed by atoms with Crippen LogP contribution in [0.4, 0.5) is 0 Å². The third kappa shape index (κ3) is 14.0. The number of hydrogen-bond donors (Lipinski definition) is 6. The number of carbonyl (C=O) groups excluding carboxylic acids is 2. The fourth-order valence-electron chi connectivity index (χ4n) is 4.70. The molecule has 7 N–H and O–H groups in total. The number of amides is 2. The Morgan fingerprint density at radius 1 is 0.881 bits per heavy atom. The Balaban J connectivity index is 1.92. The van der Waals surface area contributed by atoms with Gasteiger partial charge in [0.2, 0.25) is 11.8 Å². The first kappa shape index (κ1) is 38.3. The SMILES string of the molecule is NCCCCCC(=O)N1C[C@H](OP(=O)(O)OC[C@@H]2C[C@@H](O)CN2C(=O)CCCSSCCN)C[C@H]1COP(=O)(S)OO. The molecule has 0 aromatic carbocycles. The first-order valence-corrected chi connectivity index (χ1v) is 20.5. The van der Waals surface area contributed by atoms with Crippen molar-refractivity contribution in [3.05, 3.63) is 0 Å². The number of phosphoric acid groups is 1. The van der Waals surface area contributed by atoms with E-state index in [2.05, 4.69) is 16.9 Å². The minimum atomic E-state index is -4.64. The van der Waals surface area contributed by atoms with Crippen molar-refractivity contribution < 1.29 is 52.2 Å². The molecule has 6 atom stereocenters. The summed E-state index contributed by atoms with van der Waals surface area (Å²) in [6, 6.07) is -1.30. The van der Waals surface area contributed by atoms with Crippen LogP contribution in [0.3, 0.4) is 0 Å². The molecule has 20 heteroatoms. The Morgan fingerprint density at radius 2 is 1.50 bits per heavy atom. The van der Waals surface area contributed by atoms with Crippen LogP contribution in [0, 0.1) is 0 Å². The molecule has 0 radical (unpaired) electrons. The topological polar surface area (TPSA) is 224 Å². The molecule has 2 aliphatic rings. The van der Waals surface area contributed by atoms with Gasteiger partial charge < -0.3 is 31.3 Å². The second kappa shape index (κ2) is 19.6. The van der Waals surface area contributed by atoms with Crippen molar-refractivity contribution in [3.8, 4) is 0 Å². The van der Waals surface area contributed by atoms with Gasteiger partial charge in [-0.1, -0.05) is 40.3 Å². The number of nitrogens with two attached hydrogens (primary N) is 2. The summed E-state index contributed by atoms with van der Waals surface area (Å²) in [7, 11) is -1.36. The number of β-amino-alcohol motifs (C(OH)–C–C–N with tert-alkyl or cyclic N) is 1. The maximum absolute atomic E-state index is 12.9. The van der Waals surface area contributed by atoms with E-state index in [1.165, 1.54) is 9.80 Å². The first-order chi connectivity index (χ1) is 19.9. The van der Waals surface area contributed by atoms with Gasteiger partial charge in [0, 0.05) is 44.0 Å². The monoisotopic (exact) mass is 698 g/mol. The molecule has 2 aliphatic heterocycles. The molecule has 0 saturated carbocycles. The van der Waals surface area contributed by atoms with Gasteiger partial charge in [0.05, 0.1) is 37.5 Å². The molecular weight excluding hydrogens is 654 g/mol. The number of likely N-dealkylation sites (tertiary alicyclic amines) is 2. The Hall–Kier alpha value is 0.0900. The van der Waals surface area contributed by atoms with Gasteiger partial charge >= 0.3 is 14.6 Å². The van der Waals surface area contributed by atoms with Crippen molar-refractivity contribution in [3.63, 3.8) is 0 Å². The molecule has 42 heavy (non-hydrogen) atoms. The van der Waals surface area contributed by atoms with Crippen molar-refractivity contribution >= 4 is 60.3 Å². The zero-order valence-corrected chi connectivity index (χ0v) is 27.8. The van der Waals surface area contributed by atoms with Crippen LogP contribution in [0.15, 0.2) is 0 Å². The van der Waals surface area contributed by atoms with E-state index >= 15 is 0 Å². The highest BCUT2D eigenvalue weighted by Gasteiger charge is 2.42. The number of unbranched alkanes of at least 4 members (excludes halogenated alkanes) is 2. The molecule has 246 valence electrons. The smallest absolute Gasteiger partial charge is 0.391 e. The second-order valence-corrected chi connectivity index (χ2v) is 16.9. The van der Waals surface area contributed by atoms with Crippen LogP contribution in [-0.4, -0.2) is 112 Å². The average molecular weight is 699 g/mol. The van der Waals surface area contributed by atoms with E-state index in [0.29, 0.717) is 25.9 Å². The van der Waals surface area contributed by atoms with Crippen LogP contribution in [0.5, 0.6) is 0 Å². The normalized spacial score (nSPS) is 25.5. The third-order valence-corrected chi connectivity index (χ3v) is 11.5. The molecule has 2 fully saturated rings. The molecule has 2 amide bonds. The summed E-state index contributed by atoms with van der Waals surface area (Å²) >= 11 is 3.60. The highest BCUT2D eigenvalue weighted by molar-refractivity contribution is 8.76. The number of thiol groups is 1. The van der Waals surface area contributed by atoms with Crippen molar-refractivity contribution in [2.45, 2.75) is 75.7 Å². The molecule has 2 rings (SSSR count). The lowest BCUT2D eigenvalue weighted by molar-refractivity contribution is -0.145. The standard InChI is InChI=1S/C22H44N4O11P2S3/c23-7-3-1-2-5-21(28)26-14-20(12-18(26)16-35-39(33,40)37-30)36-38(31,32)34-15-17-11-19(27)13-25(17)22(29)6-4-9-41-42-10-8-24/h17-20,27,30H,1-16,23-24H2,(H,31,32)(H,33,40)/t17-,18-,19+,20+,39?/m0/s1. The molecule has 0 spiro atoms. The van der Waals surface area contributed by atoms with Gasteiger partial charge in [-0.25, -0.2) is 14.4 Å². The van der Waals surface area contributed by atoms with Crippen LogP contribution < -0.4 is 11.5 Å². The van der Waals surface area contributed by atoms with Crippen LogP contribution in [0.1, 0.15) is 51.4 Å². The Morgan fingerprint density at radius 3 is 2.17 bits per heavy atom. The lowest BCUT2D eigenvalue weighted by Crippen LogP contribution is -2.38. The number of aliphatic hydroxyl groups is 1. The summed E-state index contributed by atoms with van der Waals surface area (Å²) in [5.41, 5.74) is 11.0. The Labute approximate surface area is 259 Å². The van der Waals surface area contributed by atoms with E-state index in [4.69, 9.17) is 30.3 Å². The maximum atomic E-state index is 12.9. The van der Waals surface area contributed by atoms with Crippen molar-refractivity contribution in [1.82, 2.24) is 9.80 Å². The predicted octanol–water partition coefficient (Wildman–Crippen LogP) is 2.23. The first-order valence-electron chi connectivity index (χ1n) is 13.8. The molecule has 0 aromatic heterocycles. The molecule has 0 aliphatic carbocycles. The fourth-order valence-corrected chi connectivity index (χ4v) is 8.21. The minimum Gasteiger partial charge on any atom is -0.391 e. The molecule has 0 bridgehead atoms. The largest absolute Gasteiger partial charge is 0.472 e.